The summed E-state index contributed by atoms with van der Waals surface area (Å²) in [5.41, 5.74) is 1.51. The van der Waals surface area contributed by atoms with E-state index in [2.05, 4.69) is 0 Å². The van der Waals surface area contributed by atoms with Gasteiger partial charge in [-0.15, -0.1) is 0 Å². The van der Waals surface area contributed by atoms with E-state index in [0.29, 0.717) is 17.8 Å². The zero-order valence-corrected chi connectivity index (χ0v) is 14.3. The van der Waals surface area contributed by atoms with Crippen LogP contribution in [0.5, 0.6) is 0 Å². The van der Waals surface area contributed by atoms with E-state index in [1.54, 1.807) is 29.2 Å². The summed E-state index contributed by atoms with van der Waals surface area (Å²) in [6.07, 6.45) is -1.01. The number of carbonyl (C=O) groups is 2. The molecule has 1 aliphatic rings. The molecule has 2 aromatic carbocycles. The van der Waals surface area contributed by atoms with Crippen LogP contribution in [-0.2, 0) is 16.1 Å². The van der Waals surface area contributed by atoms with Crippen LogP contribution in [0.15, 0.2) is 54.6 Å². The number of benzene rings is 2. The second-order valence-corrected chi connectivity index (χ2v) is 6.92. The van der Waals surface area contributed by atoms with Crippen LogP contribution in [-0.4, -0.2) is 29.6 Å². The van der Waals surface area contributed by atoms with Gasteiger partial charge in [0.25, 0.3) is 5.91 Å². The van der Waals surface area contributed by atoms with E-state index in [9.17, 15) is 14.7 Å². The lowest BCUT2D eigenvalue weighted by Crippen LogP contribution is -2.30. The minimum Gasteiger partial charge on any atom is -0.457 e. The Balaban J connectivity index is 1.66. The fourth-order valence-corrected chi connectivity index (χ4v) is 2.86. The molecular weight excluding hydrogens is 318 g/mol. The first kappa shape index (κ1) is 17.2. The van der Waals surface area contributed by atoms with Crippen molar-refractivity contribution in [2.75, 3.05) is 11.4 Å². The van der Waals surface area contributed by atoms with Crippen molar-refractivity contribution in [2.24, 2.45) is 5.41 Å². The quantitative estimate of drug-likeness (QED) is 0.870. The summed E-state index contributed by atoms with van der Waals surface area (Å²) in [6.45, 7) is 4.35. The number of ether oxygens (including phenoxy) is 1. The van der Waals surface area contributed by atoms with E-state index < -0.39 is 17.5 Å². The van der Waals surface area contributed by atoms with E-state index in [1.165, 1.54) is 0 Å². The highest BCUT2D eigenvalue weighted by molar-refractivity contribution is 6.00. The molecule has 0 aliphatic carbocycles. The molecule has 0 spiro atoms. The monoisotopic (exact) mass is 339 g/mol. The molecule has 0 saturated carbocycles. The maximum atomic E-state index is 12.2. The van der Waals surface area contributed by atoms with Gasteiger partial charge in [0.1, 0.15) is 12.7 Å². The SMILES string of the molecule is CC1(C)CN(c2ccc(C(=O)OCc3ccccc3)cc2)C(=O)C1O. The minimum absolute atomic E-state index is 0.215. The van der Waals surface area contributed by atoms with Gasteiger partial charge in [-0.25, -0.2) is 4.79 Å². The van der Waals surface area contributed by atoms with E-state index in [-0.39, 0.29) is 12.5 Å². The molecule has 5 heteroatoms. The van der Waals surface area contributed by atoms with Gasteiger partial charge in [-0.1, -0.05) is 44.2 Å². The average molecular weight is 339 g/mol. The Morgan fingerprint density at radius 2 is 1.80 bits per heavy atom. The van der Waals surface area contributed by atoms with Crippen LogP contribution in [0.3, 0.4) is 0 Å². The Bertz CT molecular complexity index is 768. The van der Waals surface area contributed by atoms with Gasteiger partial charge < -0.3 is 14.7 Å². The highest BCUT2D eigenvalue weighted by Gasteiger charge is 2.45. The Morgan fingerprint density at radius 1 is 1.16 bits per heavy atom. The summed E-state index contributed by atoms with van der Waals surface area (Å²) in [4.78, 5) is 25.9. The van der Waals surface area contributed by atoms with E-state index in [4.69, 9.17) is 4.74 Å². The molecule has 0 aromatic heterocycles. The minimum atomic E-state index is -1.01. The van der Waals surface area contributed by atoms with Crippen LogP contribution in [0.2, 0.25) is 0 Å². The van der Waals surface area contributed by atoms with E-state index in [0.717, 1.165) is 5.56 Å². The number of aliphatic hydroxyl groups excluding tert-OH is 1. The topological polar surface area (TPSA) is 66.8 Å². The van der Waals surface area contributed by atoms with Gasteiger partial charge in [-0.2, -0.15) is 0 Å². The molecule has 1 aliphatic heterocycles. The second kappa shape index (κ2) is 6.69. The third kappa shape index (κ3) is 3.56. The number of anilines is 1. The summed E-state index contributed by atoms with van der Waals surface area (Å²) < 4.78 is 5.29. The van der Waals surface area contributed by atoms with Gasteiger partial charge >= 0.3 is 5.97 Å². The molecule has 130 valence electrons. The molecule has 1 N–H and O–H groups in total. The van der Waals surface area contributed by atoms with E-state index in [1.807, 2.05) is 44.2 Å². The number of hydrogen-bond donors (Lipinski definition) is 1. The molecule has 3 rings (SSSR count). The summed E-state index contributed by atoms with van der Waals surface area (Å²) >= 11 is 0. The first-order valence-electron chi connectivity index (χ1n) is 8.19. The molecule has 1 atom stereocenters. The van der Waals surface area contributed by atoms with Gasteiger partial charge in [0.05, 0.1) is 5.56 Å². The molecular formula is C20H21NO4. The van der Waals surface area contributed by atoms with Crippen molar-refractivity contribution < 1.29 is 19.4 Å². The highest BCUT2D eigenvalue weighted by atomic mass is 16.5. The molecule has 1 saturated heterocycles. The average Bonchev–Trinajstić information content (AvgIpc) is 2.84. The maximum absolute atomic E-state index is 12.2. The second-order valence-electron chi connectivity index (χ2n) is 6.92. The largest absolute Gasteiger partial charge is 0.457 e. The van der Waals surface area contributed by atoms with Crippen molar-refractivity contribution in [3.05, 3.63) is 65.7 Å². The van der Waals surface area contributed by atoms with Gasteiger partial charge in [0.15, 0.2) is 0 Å². The summed E-state index contributed by atoms with van der Waals surface area (Å²) in [7, 11) is 0. The number of carbonyl (C=O) groups excluding carboxylic acids is 2. The third-order valence-corrected chi connectivity index (χ3v) is 4.43. The molecule has 0 radical (unpaired) electrons. The number of rotatable bonds is 4. The Kier molecular flexibility index (Phi) is 4.59. The smallest absolute Gasteiger partial charge is 0.338 e. The molecule has 1 amide bonds. The van der Waals surface area contributed by atoms with Crippen LogP contribution in [0, 0.1) is 5.41 Å². The van der Waals surface area contributed by atoms with Crippen LogP contribution in [0.25, 0.3) is 0 Å². The van der Waals surface area contributed by atoms with Crippen LogP contribution >= 0.6 is 0 Å². The first-order valence-corrected chi connectivity index (χ1v) is 8.19. The van der Waals surface area contributed by atoms with Gasteiger partial charge in [-0.05, 0) is 29.8 Å². The Hall–Kier alpha value is -2.66. The zero-order chi connectivity index (χ0) is 18.0. The molecule has 5 nitrogen and oxygen atoms in total. The summed E-state index contributed by atoms with van der Waals surface area (Å²) in [6, 6.07) is 16.1. The standard InChI is InChI=1S/C20H21NO4/c1-20(2)13-21(18(23)17(20)22)16-10-8-15(9-11-16)19(24)25-12-14-6-4-3-5-7-14/h3-11,17,22H,12-13H2,1-2H3. The van der Waals surface area contributed by atoms with Crippen molar-refractivity contribution in [1.29, 1.82) is 0 Å². The molecule has 0 bridgehead atoms. The van der Waals surface area contributed by atoms with E-state index >= 15 is 0 Å². The number of esters is 1. The number of amides is 1. The van der Waals surface area contributed by atoms with Crippen molar-refractivity contribution >= 4 is 17.6 Å². The molecule has 2 aromatic rings. The lowest BCUT2D eigenvalue weighted by molar-refractivity contribution is -0.126. The fourth-order valence-electron chi connectivity index (χ4n) is 2.86. The lowest BCUT2D eigenvalue weighted by Gasteiger charge is -2.20. The van der Waals surface area contributed by atoms with Gasteiger partial charge in [0.2, 0.25) is 0 Å². The van der Waals surface area contributed by atoms with Crippen LogP contribution in [0.4, 0.5) is 5.69 Å². The Morgan fingerprint density at radius 3 is 2.36 bits per heavy atom. The zero-order valence-electron chi connectivity index (χ0n) is 14.3. The van der Waals surface area contributed by atoms with Crippen molar-refractivity contribution in [3.8, 4) is 0 Å². The fraction of sp³-hybridized carbons (Fsp3) is 0.300. The Labute approximate surface area is 146 Å². The van der Waals surface area contributed by atoms with Crippen LogP contribution in [0.1, 0.15) is 29.8 Å². The maximum Gasteiger partial charge on any atom is 0.338 e. The number of aliphatic hydroxyl groups is 1. The summed E-state index contributed by atoms with van der Waals surface area (Å²) in [5.74, 6) is -0.729. The molecule has 1 unspecified atom stereocenters. The first-order chi connectivity index (χ1) is 11.9. The number of nitrogens with zero attached hydrogens (tertiary/aromatic N) is 1. The van der Waals surface area contributed by atoms with Crippen molar-refractivity contribution in [3.63, 3.8) is 0 Å². The lowest BCUT2D eigenvalue weighted by atomic mass is 9.90. The summed E-state index contributed by atoms with van der Waals surface area (Å²) in [5, 5.41) is 10.0. The van der Waals surface area contributed by atoms with Gasteiger partial charge in [-0.3, -0.25) is 4.79 Å². The predicted octanol–water partition coefficient (Wildman–Crippen LogP) is 2.78. The molecule has 1 fully saturated rings. The van der Waals surface area contributed by atoms with Crippen molar-refractivity contribution in [1.82, 2.24) is 0 Å². The molecule has 1 heterocycles. The molecule has 25 heavy (non-hydrogen) atoms. The predicted molar refractivity (Wildman–Crippen MR) is 94.1 cm³/mol. The van der Waals surface area contributed by atoms with Crippen LogP contribution < -0.4 is 4.90 Å². The van der Waals surface area contributed by atoms with Crippen molar-refractivity contribution in [2.45, 2.75) is 26.6 Å². The highest BCUT2D eigenvalue weighted by Crippen LogP contribution is 2.34. The third-order valence-electron chi connectivity index (χ3n) is 4.43. The van der Waals surface area contributed by atoms with Gasteiger partial charge in [0, 0.05) is 17.6 Å². The normalized spacial score (nSPS) is 19.1. The number of hydrogen-bond acceptors (Lipinski definition) is 4.